The smallest absolute Gasteiger partial charge is 0.251 e. The molecule has 0 aliphatic carbocycles. The highest BCUT2D eigenvalue weighted by Crippen LogP contribution is 2.22. The number of hydrogen-bond donors (Lipinski definition) is 3. The fraction of sp³-hybridized carbons (Fsp3) is 0.500. The molecule has 0 radical (unpaired) electrons. The lowest BCUT2D eigenvalue weighted by Crippen LogP contribution is -2.34. The molecule has 1 rings (SSSR count). The standard InChI is InChI=1S/C14H21BrN2O2/c1-14(2,6-3-7-18)9-17-13(19)10-4-5-11(15)12(16)8-10/h4-5,8,18H,3,6-7,9,16H2,1-2H3,(H,17,19). The number of anilines is 1. The Morgan fingerprint density at radius 3 is 2.74 bits per heavy atom. The van der Waals surface area contributed by atoms with Gasteiger partial charge in [-0.25, -0.2) is 0 Å². The van der Waals surface area contributed by atoms with Crippen molar-refractivity contribution in [2.45, 2.75) is 26.7 Å². The third-order valence-electron chi connectivity index (χ3n) is 3.00. The summed E-state index contributed by atoms with van der Waals surface area (Å²) >= 11 is 3.30. The quantitative estimate of drug-likeness (QED) is 0.702. The van der Waals surface area contributed by atoms with Gasteiger partial charge in [0.2, 0.25) is 0 Å². The van der Waals surface area contributed by atoms with Gasteiger partial charge in [0.15, 0.2) is 0 Å². The van der Waals surface area contributed by atoms with Crippen molar-refractivity contribution in [2.75, 3.05) is 18.9 Å². The van der Waals surface area contributed by atoms with E-state index in [4.69, 9.17) is 10.8 Å². The van der Waals surface area contributed by atoms with Crippen molar-refractivity contribution in [1.82, 2.24) is 5.32 Å². The number of aliphatic hydroxyl groups is 1. The van der Waals surface area contributed by atoms with Gasteiger partial charge < -0.3 is 16.2 Å². The van der Waals surface area contributed by atoms with Gasteiger partial charge in [-0.2, -0.15) is 0 Å². The minimum absolute atomic E-state index is 0.0285. The summed E-state index contributed by atoms with van der Waals surface area (Å²) in [6.45, 7) is 4.89. The van der Waals surface area contributed by atoms with Crippen LogP contribution in [0.3, 0.4) is 0 Å². The highest BCUT2D eigenvalue weighted by atomic mass is 79.9. The number of carbonyl (C=O) groups is 1. The zero-order valence-electron chi connectivity index (χ0n) is 11.4. The van der Waals surface area contributed by atoms with Crippen molar-refractivity contribution < 1.29 is 9.90 Å². The Morgan fingerprint density at radius 2 is 2.16 bits per heavy atom. The van der Waals surface area contributed by atoms with E-state index in [9.17, 15) is 4.79 Å². The summed E-state index contributed by atoms with van der Waals surface area (Å²) in [5, 5.41) is 11.7. The zero-order valence-corrected chi connectivity index (χ0v) is 13.0. The molecule has 0 aliphatic rings. The number of amides is 1. The number of nitrogens with two attached hydrogens (primary N) is 1. The maximum absolute atomic E-state index is 12.0. The minimum Gasteiger partial charge on any atom is -0.398 e. The molecule has 4 N–H and O–H groups in total. The lowest BCUT2D eigenvalue weighted by atomic mass is 9.88. The topological polar surface area (TPSA) is 75.3 Å². The first kappa shape index (κ1) is 16.0. The number of carbonyl (C=O) groups excluding carboxylic acids is 1. The van der Waals surface area contributed by atoms with E-state index in [1.807, 2.05) is 0 Å². The third kappa shape index (κ3) is 5.20. The van der Waals surface area contributed by atoms with Gasteiger partial charge in [-0.15, -0.1) is 0 Å². The second-order valence-corrected chi connectivity index (χ2v) is 6.26. The molecule has 0 heterocycles. The number of nitrogens with one attached hydrogen (secondary N) is 1. The molecule has 0 aliphatic heterocycles. The molecule has 0 unspecified atom stereocenters. The maximum Gasteiger partial charge on any atom is 0.251 e. The summed E-state index contributed by atoms with van der Waals surface area (Å²) in [5.41, 5.74) is 6.83. The van der Waals surface area contributed by atoms with Crippen LogP contribution in [-0.2, 0) is 0 Å². The molecule has 19 heavy (non-hydrogen) atoms. The summed E-state index contributed by atoms with van der Waals surface area (Å²) in [5.74, 6) is -0.128. The summed E-state index contributed by atoms with van der Waals surface area (Å²) < 4.78 is 0.785. The maximum atomic E-state index is 12.0. The Bertz CT molecular complexity index is 447. The first-order chi connectivity index (χ1) is 8.85. The second kappa shape index (κ2) is 6.91. The monoisotopic (exact) mass is 328 g/mol. The van der Waals surface area contributed by atoms with E-state index in [0.29, 0.717) is 17.8 Å². The molecule has 0 fully saturated rings. The summed E-state index contributed by atoms with van der Waals surface area (Å²) in [6.07, 6.45) is 1.61. The first-order valence-corrected chi connectivity index (χ1v) is 7.09. The number of hydrogen-bond acceptors (Lipinski definition) is 3. The molecule has 0 saturated carbocycles. The van der Waals surface area contributed by atoms with E-state index < -0.39 is 0 Å². The molecule has 0 saturated heterocycles. The van der Waals surface area contributed by atoms with Crippen molar-refractivity contribution >= 4 is 27.5 Å². The van der Waals surface area contributed by atoms with Gasteiger partial charge in [0, 0.05) is 28.9 Å². The van der Waals surface area contributed by atoms with Crippen LogP contribution in [0, 0.1) is 5.41 Å². The van der Waals surface area contributed by atoms with Crippen molar-refractivity contribution in [3.8, 4) is 0 Å². The average Bonchev–Trinajstić information content (AvgIpc) is 2.37. The van der Waals surface area contributed by atoms with Gasteiger partial charge in [0.25, 0.3) is 5.91 Å². The predicted octanol–water partition coefficient (Wildman–Crippen LogP) is 2.56. The minimum atomic E-state index is -0.128. The van der Waals surface area contributed by atoms with Crippen LogP contribution in [0.5, 0.6) is 0 Å². The fourth-order valence-corrected chi connectivity index (χ4v) is 2.00. The Labute approximate surface area is 122 Å². The molecule has 1 aromatic carbocycles. The van der Waals surface area contributed by atoms with Gasteiger partial charge in [0.05, 0.1) is 0 Å². The first-order valence-electron chi connectivity index (χ1n) is 6.30. The highest BCUT2D eigenvalue weighted by Gasteiger charge is 2.18. The average molecular weight is 329 g/mol. The molecular formula is C14H21BrN2O2. The van der Waals surface area contributed by atoms with Crippen LogP contribution < -0.4 is 11.1 Å². The van der Waals surface area contributed by atoms with E-state index in [1.165, 1.54) is 0 Å². The van der Waals surface area contributed by atoms with Crippen LogP contribution in [0.4, 0.5) is 5.69 Å². The molecular weight excluding hydrogens is 308 g/mol. The Hall–Kier alpha value is -1.07. The van der Waals surface area contributed by atoms with E-state index in [2.05, 4.69) is 35.1 Å². The van der Waals surface area contributed by atoms with E-state index >= 15 is 0 Å². The highest BCUT2D eigenvalue weighted by molar-refractivity contribution is 9.10. The van der Waals surface area contributed by atoms with E-state index in [0.717, 1.165) is 17.3 Å². The zero-order chi connectivity index (χ0) is 14.5. The summed E-state index contributed by atoms with van der Waals surface area (Å²) in [7, 11) is 0. The van der Waals surface area contributed by atoms with E-state index in [-0.39, 0.29) is 17.9 Å². The Kier molecular flexibility index (Phi) is 5.82. The van der Waals surface area contributed by atoms with Crippen molar-refractivity contribution in [3.63, 3.8) is 0 Å². The molecule has 1 amide bonds. The van der Waals surface area contributed by atoms with Crippen LogP contribution >= 0.6 is 15.9 Å². The van der Waals surface area contributed by atoms with Crippen molar-refractivity contribution in [1.29, 1.82) is 0 Å². The largest absolute Gasteiger partial charge is 0.398 e. The number of benzene rings is 1. The number of nitrogen functional groups attached to an aromatic ring is 1. The van der Waals surface area contributed by atoms with Crippen molar-refractivity contribution in [3.05, 3.63) is 28.2 Å². The molecule has 0 spiro atoms. The van der Waals surface area contributed by atoms with E-state index in [1.54, 1.807) is 18.2 Å². The second-order valence-electron chi connectivity index (χ2n) is 5.41. The van der Waals surface area contributed by atoms with Crippen molar-refractivity contribution in [2.24, 2.45) is 5.41 Å². The van der Waals surface area contributed by atoms with Crippen LogP contribution in [0.2, 0.25) is 0 Å². The van der Waals surface area contributed by atoms with Gasteiger partial charge in [-0.05, 0) is 52.4 Å². The SMILES string of the molecule is CC(C)(CCCO)CNC(=O)c1ccc(Br)c(N)c1. The molecule has 0 bridgehead atoms. The van der Waals surface area contributed by atoms with Crippen LogP contribution in [0.1, 0.15) is 37.0 Å². The molecule has 4 nitrogen and oxygen atoms in total. The van der Waals surface area contributed by atoms with Crippen LogP contribution in [0.15, 0.2) is 22.7 Å². The Morgan fingerprint density at radius 1 is 1.47 bits per heavy atom. The fourth-order valence-electron chi connectivity index (χ4n) is 1.75. The molecule has 106 valence electrons. The number of aliphatic hydroxyl groups excluding tert-OH is 1. The van der Waals surface area contributed by atoms with Crippen LogP contribution in [-0.4, -0.2) is 24.2 Å². The van der Waals surface area contributed by atoms with Gasteiger partial charge in [-0.1, -0.05) is 13.8 Å². The number of halogens is 1. The molecule has 0 atom stereocenters. The van der Waals surface area contributed by atoms with Gasteiger partial charge in [0.1, 0.15) is 0 Å². The summed E-state index contributed by atoms with van der Waals surface area (Å²) in [6, 6.07) is 5.15. The van der Waals surface area contributed by atoms with Gasteiger partial charge >= 0.3 is 0 Å². The molecule has 1 aromatic rings. The predicted molar refractivity (Wildman–Crippen MR) is 81.0 cm³/mol. The normalized spacial score (nSPS) is 11.4. The van der Waals surface area contributed by atoms with Crippen LogP contribution in [0.25, 0.3) is 0 Å². The lowest BCUT2D eigenvalue weighted by molar-refractivity contribution is 0.0933. The molecule has 5 heteroatoms. The molecule has 0 aromatic heterocycles. The number of rotatable bonds is 6. The Balaban J connectivity index is 2.57. The summed E-state index contributed by atoms with van der Waals surface area (Å²) in [4.78, 5) is 12.0. The lowest BCUT2D eigenvalue weighted by Gasteiger charge is -2.24. The third-order valence-corrected chi connectivity index (χ3v) is 3.72. The van der Waals surface area contributed by atoms with Gasteiger partial charge in [-0.3, -0.25) is 4.79 Å².